The number of rotatable bonds is 3. The lowest BCUT2D eigenvalue weighted by Gasteiger charge is -2.08. The Kier molecular flexibility index (Phi) is 4.07. The number of hydrogen-bond donors (Lipinski definition) is 1. The van der Waals surface area contributed by atoms with Crippen molar-refractivity contribution in [1.82, 2.24) is 0 Å². The second kappa shape index (κ2) is 5.76. The molecule has 0 bridgehead atoms. The van der Waals surface area contributed by atoms with Crippen LogP contribution in [0.1, 0.15) is 21.5 Å². The molecule has 2 aromatic rings. The van der Waals surface area contributed by atoms with E-state index in [1.807, 2.05) is 31.2 Å². The Morgan fingerprint density at radius 1 is 1.26 bits per heavy atom. The van der Waals surface area contributed by atoms with Crippen LogP contribution in [-0.2, 0) is 11.3 Å². The Morgan fingerprint density at radius 3 is 2.74 bits per heavy atom. The van der Waals surface area contributed by atoms with E-state index in [1.54, 1.807) is 18.2 Å². The van der Waals surface area contributed by atoms with Gasteiger partial charge < -0.3 is 10.5 Å². The fourth-order valence-electron chi connectivity index (χ4n) is 1.68. The SMILES string of the molecule is Cc1ccc(N)c(C(=O)OCc2ccccc2Cl)c1. The van der Waals surface area contributed by atoms with E-state index in [0.717, 1.165) is 11.1 Å². The maximum Gasteiger partial charge on any atom is 0.340 e. The summed E-state index contributed by atoms with van der Waals surface area (Å²) in [5.74, 6) is -0.443. The first kappa shape index (κ1) is 13.4. The van der Waals surface area contributed by atoms with Gasteiger partial charge in [-0.3, -0.25) is 0 Å². The number of hydrogen-bond acceptors (Lipinski definition) is 3. The van der Waals surface area contributed by atoms with Crippen LogP contribution in [0.2, 0.25) is 5.02 Å². The van der Waals surface area contributed by atoms with Crippen LogP contribution in [0.4, 0.5) is 5.69 Å². The van der Waals surface area contributed by atoms with Crippen molar-refractivity contribution in [2.24, 2.45) is 0 Å². The lowest BCUT2D eigenvalue weighted by molar-refractivity contribution is 0.0474. The predicted octanol–water partition coefficient (Wildman–Crippen LogP) is 3.59. The normalized spacial score (nSPS) is 10.2. The van der Waals surface area contributed by atoms with E-state index in [2.05, 4.69) is 0 Å². The number of benzene rings is 2. The Balaban J connectivity index is 2.10. The summed E-state index contributed by atoms with van der Waals surface area (Å²) >= 11 is 5.99. The Labute approximate surface area is 117 Å². The van der Waals surface area contributed by atoms with Crippen molar-refractivity contribution in [3.8, 4) is 0 Å². The van der Waals surface area contributed by atoms with Gasteiger partial charge in [0.15, 0.2) is 0 Å². The van der Waals surface area contributed by atoms with Gasteiger partial charge in [0.25, 0.3) is 0 Å². The molecule has 0 aromatic heterocycles. The van der Waals surface area contributed by atoms with E-state index in [-0.39, 0.29) is 6.61 Å². The molecule has 0 heterocycles. The molecule has 4 heteroatoms. The summed E-state index contributed by atoms with van der Waals surface area (Å²) in [6.45, 7) is 2.02. The fourth-order valence-corrected chi connectivity index (χ4v) is 1.87. The molecule has 0 aliphatic rings. The summed E-state index contributed by atoms with van der Waals surface area (Å²) < 4.78 is 5.23. The number of carbonyl (C=O) groups is 1. The average molecular weight is 276 g/mol. The molecule has 19 heavy (non-hydrogen) atoms. The summed E-state index contributed by atoms with van der Waals surface area (Å²) in [4.78, 5) is 12.0. The molecular weight excluding hydrogens is 262 g/mol. The van der Waals surface area contributed by atoms with Crippen LogP contribution in [-0.4, -0.2) is 5.97 Å². The van der Waals surface area contributed by atoms with Crippen LogP contribution >= 0.6 is 11.6 Å². The zero-order valence-corrected chi connectivity index (χ0v) is 11.3. The highest BCUT2D eigenvalue weighted by Gasteiger charge is 2.12. The molecule has 0 radical (unpaired) electrons. The summed E-state index contributed by atoms with van der Waals surface area (Å²) in [6.07, 6.45) is 0. The minimum atomic E-state index is -0.443. The largest absolute Gasteiger partial charge is 0.457 e. The van der Waals surface area contributed by atoms with Crippen LogP contribution in [0, 0.1) is 6.92 Å². The maximum absolute atomic E-state index is 12.0. The van der Waals surface area contributed by atoms with Gasteiger partial charge in [-0.05, 0) is 25.1 Å². The molecule has 0 unspecified atom stereocenters. The smallest absolute Gasteiger partial charge is 0.340 e. The summed E-state index contributed by atoms with van der Waals surface area (Å²) in [5, 5.41) is 0.576. The van der Waals surface area contributed by atoms with Crippen molar-refractivity contribution >= 4 is 23.3 Å². The number of aryl methyl sites for hydroxylation is 1. The summed E-state index contributed by atoms with van der Waals surface area (Å²) in [7, 11) is 0. The number of halogens is 1. The molecule has 0 atom stereocenters. The maximum atomic E-state index is 12.0. The van der Waals surface area contributed by atoms with Gasteiger partial charge in [-0.1, -0.05) is 41.4 Å². The highest BCUT2D eigenvalue weighted by molar-refractivity contribution is 6.31. The van der Waals surface area contributed by atoms with Crippen molar-refractivity contribution in [2.75, 3.05) is 5.73 Å². The second-order valence-electron chi connectivity index (χ2n) is 4.26. The first-order valence-electron chi connectivity index (χ1n) is 5.84. The highest BCUT2D eigenvalue weighted by atomic mass is 35.5. The van der Waals surface area contributed by atoms with Gasteiger partial charge in [0.05, 0.1) is 5.56 Å². The molecule has 2 aromatic carbocycles. The summed E-state index contributed by atoms with van der Waals surface area (Å²) in [5.41, 5.74) is 8.28. The van der Waals surface area contributed by atoms with Gasteiger partial charge in [0.2, 0.25) is 0 Å². The van der Waals surface area contributed by atoms with E-state index in [1.165, 1.54) is 0 Å². The van der Waals surface area contributed by atoms with Crippen molar-refractivity contribution in [1.29, 1.82) is 0 Å². The van der Waals surface area contributed by atoms with Crippen LogP contribution in [0.15, 0.2) is 42.5 Å². The predicted molar refractivity (Wildman–Crippen MR) is 76.2 cm³/mol. The lowest BCUT2D eigenvalue weighted by atomic mass is 10.1. The van der Waals surface area contributed by atoms with Gasteiger partial charge >= 0.3 is 5.97 Å². The van der Waals surface area contributed by atoms with Crippen molar-refractivity contribution in [2.45, 2.75) is 13.5 Å². The monoisotopic (exact) mass is 275 g/mol. The molecule has 2 rings (SSSR count). The topological polar surface area (TPSA) is 52.3 Å². The minimum absolute atomic E-state index is 0.131. The third-order valence-corrected chi connectivity index (χ3v) is 3.11. The molecule has 0 amide bonds. The number of ether oxygens (including phenoxy) is 1. The Morgan fingerprint density at radius 2 is 2.00 bits per heavy atom. The van der Waals surface area contributed by atoms with Crippen LogP contribution in [0.3, 0.4) is 0 Å². The molecule has 0 fully saturated rings. The molecule has 0 aliphatic heterocycles. The molecule has 3 nitrogen and oxygen atoms in total. The standard InChI is InChI=1S/C15H14ClNO2/c1-10-6-7-14(17)12(8-10)15(18)19-9-11-4-2-3-5-13(11)16/h2-8H,9,17H2,1H3. The van der Waals surface area contributed by atoms with Crippen molar-refractivity contribution < 1.29 is 9.53 Å². The quantitative estimate of drug-likeness (QED) is 0.688. The zero-order chi connectivity index (χ0) is 13.8. The molecule has 0 saturated heterocycles. The van der Waals surface area contributed by atoms with Crippen LogP contribution in [0.25, 0.3) is 0 Å². The molecule has 0 saturated carbocycles. The van der Waals surface area contributed by atoms with E-state index < -0.39 is 5.97 Å². The molecule has 2 N–H and O–H groups in total. The molecule has 0 spiro atoms. The first-order chi connectivity index (χ1) is 9.08. The van der Waals surface area contributed by atoms with Gasteiger partial charge in [-0.2, -0.15) is 0 Å². The summed E-state index contributed by atoms with van der Waals surface area (Å²) in [6, 6.07) is 12.5. The molecule has 98 valence electrons. The number of anilines is 1. The zero-order valence-electron chi connectivity index (χ0n) is 10.5. The fraction of sp³-hybridized carbons (Fsp3) is 0.133. The third kappa shape index (κ3) is 3.26. The van der Waals surface area contributed by atoms with E-state index in [9.17, 15) is 4.79 Å². The van der Waals surface area contributed by atoms with E-state index in [0.29, 0.717) is 16.3 Å². The van der Waals surface area contributed by atoms with Gasteiger partial charge in [-0.15, -0.1) is 0 Å². The van der Waals surface area contributed by atoms with E-state index >= 15 is 0 Å². The van der Waals surface area contributed by atoms with Gasteiger partial charge in [0.1, 0.15) is 6.61 Å². The number of nitrogens with two attached hydrogens (primary N) is 1. The third-order valence-electron chi connectivity index (χ3n) is 2.75. The average Bonchev–Trinajstić information content (AvgIpc) is 2.40. The minimum Gasteiger partial charge on any atom is -0.457 e. The van der Waals surface area contributed by atoms with Gasteiger partial charge in [-0.25, -0.2) is 4.79 Å². The number of esters is 1. The lowest BCUT2D eigenvalue weighted by Crippen LogP contribution is -2.08. The highest BCUT2D eigenvalue weighted by Crippen LogP contribution is 2.19. The Bertz CT molecular complexity index is 611. The molecular formula is C15H14ClNO2. The van der Waals surface area contributed by atoms with Crippen molar-refractivity contribution in [3.63, 3.8) is 0 Å². The first-order valence-corrected chi connectivity index (χ1v) is 6.22. The van der Waals surface area contributed by atoms with E-state index in [4.69, 9.17) is 22.1 Å². The number of nitrogen functional groups attached to an aromatic ring is 1. The van der Waals surface area contributed by atoms with Gasteiger partial charge in [0, 0.05) is 16.3 Å². The Hall–Kier alpha value is -2.00. The second-order valence-corrected chi connectivity index (χ2v) is 4.67. The number of carbonyl (C=O) groups excluding carboxylic acids is 1. The van der Waals surface area contributed by atoms with Crippen LogP contribution in [0.5, 0.6) is 0 Å². The van der Waals surface area contributed by atoms with Crippen LogP contribution < -0.4 is 5.73 Å². The van der Waals surface area contributed by atoms with Crippen molar-refractivity contribution in [3.05, 3.63) is 64.2 Å². The molecule has 0 aliphatic carbocycles.